The Bertz CT molecular complexity index is 3460. The van der Waals surface area contributed by atoms with Crippen molar-refractivity contribution >= 4 is 81.8 Å². The molecule has 4 heterocycles. The minimum Gasteiger partial charge on any atom is -0.463 e. The van der Waals surface area contributed by atoms with Gasteiger partial charge in [0.15, 0.2) is 6.61 Å². The van der Waals surface area contributed by atoms with E-state index in [0.717, 1.165) is 87.5 Å². The van der Waals surface area contributed by atoms with E-state index in [2.05, 4.69) is 13.8 Å². The van der Waals surface area contributed by atoms with Crippen LogP contribution in [0.4, 0.5) is 4.79 Å². The molecule has 12 bridgehead atoms. The maximum atomic E-state index is 12.6. The largest absolute Gasteiger partial charge is 0.508 e. The molecule has 0 aromatic heterocycles. The van der Waals surface area contributed by atoms with E-state index in [1.807, 2.05) is 76.2 Å². The van der Waals surface area contributed by atoms with Gasteiger partial charge in [0.2, 0.25) is 12.4 Å². The Hall–Kier alpha value is -5.32. The van der Waals surface area contributed by atoms with Crippen molar-refractivity contribution in [3.05, 3.63) is 0 Å². The number of esters is 9. The van der Waals surface area contributed by atoms with Gasteiger partial charge in [-0.05, 0) is 240 Å². The van der Waals surface area contributed by atoms with Crippen molar-refractivity contribution in [2.75, 3.05) is 44.5 Å². The third kappa shape index (κ3) is 21.4. The van der Waals surface area contributed by atoms with E-state index in [1.165, 1.54) is 38.5 Å². The minimum absolute atomic E-state index is 0.00180. The molecular weight excluding hydrogens is 1500 g/mol. The Kier molecular flexibility index (Phi) is 29.9. The number of rotatable bonds is 24. The Labute approximate surface area is 674 Å². The van der Waals surface area contributed by atoms with Gasteiger partial charge in [-0.25, -0.2) is 14.4 Å². The number of fused-ring (bicyclic) bond motifs is 2. The van der Waals surface area contributed by atoms with Gasteiger partial charge in [0.1, 0.15) is 48.8 Å². The fourth-order valence-electron chi connectivity index (χ4n) is 19.4. The van der Waals surface area contributed by atoms with Crippen LogP contribution in [0, 0.1) is 98.1 Å². The summed E-state index contributed by atoms with van der Waals surface area (Å²) in [5, 5.41) is 10.2. The van der Waals surface area contributed by atoms with Gasteiger partial charge in [-0.3, -0.25) is 37.7 Å². The van der Waals surface area contributed by atoms with Crippen molar-refractivity contribution in [2.45, 2.75) is 331 Å². The van der Waals surface area contributed by atoms with Gasteiger partial charge in [-0.1, -0.05) is 55.4 Å². The highest BCUT2D eigenvalue weighted by Crippen LogP contribution is 2.63. The summed E-state index contributed by atoms with van der Waals surface area (Å²) in [6, 6.07) is 0. The average molecular weight is 1640 g/mol. The average Bonchev–Trinajstić information content (AvgIpc) is 1.24. The monoisotopic (exact) mass is 1630 g/mol. The van der Waals surface area contributed by atoms with Crippen LogP contribution in [-0.4, -0.2) is 177 Å². The zero-order chi connectivity index (χ0) is 83.4. The molecule has 26 nitrogen and oxygen atoms in total. The van der Waals surface area contributed by atoms with Crippen LogP contribution in [0.25, 0.3) is 0 Å². The van der Waals surface area contributed by atoms with Crippen molar-refractivity contribution in [2.24, 2.45) is 98.1 Å². The van der Waals surface area contributed by atoms with Crippen LogP contribution < -0.4 is 0 Å². The minimum atomic E-state index is -3.53. The quantitative estimate of drug-likeness (QED) is 0.0406. The maximum absolute atomic E-state index is 12.6. The molecule has 12 aliphatic carbocycles. The highest BCUT2D eigenvalue weighted by molar-refractivity contribution is 7.99. The lowest BCUT2D eigenvalue weighted by atomic mass is 9.49. The van der Waals surface area contributed by atoms with Gasteiger partial charge in [0, 0.05) is 42.3 Å². The summed E-state index contributed by atoms with van der Waals surface area (Å²) in [7, 11) is -3.53. The number of cyclic esters (lactones) is 1. The molecule has 15 atom stereocenters. The molecule has 0 aromatic rings. The van der Waals surface area contributed by atoms with E-state index in [4.69, 9.17) is 61.0 Å². The molecule has 0 spiro atoms. The van der Waals surface area contributed by atoms with Crippen LogP contribution in [0.1, 0.15) is 272 Å². The SMILES string of the molecule is CCC(C)(C)C(=O)OC1(CC)C2CC3CC(C2)CC1C3.CCC(C)(C)C(=O)OC12CC3CC(CC(O)(C3)C1)C2.CCC(C)(C)C(=O)OC1CCOC1=O.CCC(C)(C)C(=O)OC1CSCCO1.CCC(C)(C)C(=O)OCC(=O)OC1C2CC3C(=O)OC1C3C2.CCC(C)C(=O)OCCOC(=O)OC1C2CC3C1OS(=O)(=O)C3C2. The van der Waals surface area contributed by atoms with E-state index in [1.54, 1.807) is 46.4 Å². The molecule has 1 N–H and O–H groups in total. The number of ether oxygens (including phenoxy) is 12. The molecule has 0 aromatic carbocycles. The van der Waals surface area contributed by atoms with Crippen molar-refractivity contribution in [3.8, 4) is 0 Å². The molecule has 28 heteroatoms. The molecule has 642 valence electrons. The molecule has 16 rings (SSSR count). The number of hydrogen-bond acceptors (Lipinski definition) is 27. The van der Waals surface area contributed by atoms with Crippen LogP contribution in [0.2, 0.25) is 0 Å². The van der Waals surface area contributed by atoms with Crippen LogP contribution in [0.15, 0.2) is 0 Å². The molecule has 15 unspecified atom stereocenters. The summed E-state index contributed by atoms with van der Waals surface area (Å²) >= 11 is 1.76. The highest BCUT2D eigenvalue weighted by atomic mass is 32.2. The normalized spacial score (nSPS) is 35.2. The summed E-state index contributed by atoms with van der Waals surface area (Å²) in [5.41, 5.74) is -3.32. The molecule has 4 saturated heterocycles. The van der Waals surface area contributed by atoms with E-state index in [-0.39, 0.29) is 126 Å². The number of aliphatic hydroxyl groups is 1. The summed E-state index contributed by atoms with van der Waals surface area (Å²) in [5.74, 6) is 3.65. The first-order chi connectivity index (χ1) is 52.9. The molecule has 16 aliphatic rings. The lowest BCUT2D eigenvalue weighted by molar-refractivity contribution is -0.225. The molecule has 0 amide bonds. The third-order valence-corrected chi connectivity index (χ3v) is 30.9. The number of carbonyl (C=O) groups is 10. The van der Waals surface area contributed by atoms with E-state index in [0.29, 0.717) is 81.8 Å². The molecular formula is C85H134O26S2. The van der Waals surface area contributed by atoms with Gasteiger partial charge >= 0.3 is 59.9 Å². The lowest BCUT2D eigenvalue weighted by Gasteiger charge is -2.60. The van der Waals surface area contributed by atoms with Crippen molar-refractivity contribution in [1.82, 2.24) is 0 Å². The summed E-state index contributed by atoms with van der Waals surface area (Å²) < 4.78 is 92.2. The predicted octanol–water partition coefficient (Wildman–Crippen LogP) is 13.7. The highest BCUT2D eigenvalue weighted by Gasteiger charge is 2.67. The number of thioether (sulfide) groups is 1. The van der Waals surface area contributed by atoms with Gasteiger partial charge < -0.3 is 61.9 Å². The summed E-state index contributed by atoms with van der Waals surface area (Å²) in [6.07, 6.45) is 17.2. The molecule has 4 aliphatic heterocycles. The second-order valence-electron chi connectivity index (χ2n) is 38.2. The van der Waals surface area contributed by atoms with E-state index < -0.39 is 85.0 Å². The number of hydrogen-bond donors (Lipinski definition) is 1. The first-order valence-electron chi connectivity index (χ1n) is 42.3. The first kappa shape index (κ1) is 91.6. The summed E-state index contributed by atoms with van der Waals surface area (Å²) in [4.78, 5) is 118. The first-order valence-corrected chi connectivity index (χ1v) is 45.0. The molecule has 113 heavy (non-hydrogen) atoms. The Morgan fingerprint density at radius 3 is 1.61 bits per heavy atom. The van der Waals surface area contributed by atoms with Crippen molar-refractivity contribution < 1.29 is 122 Å². The van der Waals surface area contributed by atoms with Gasteiger partial charge in [-0.15, -0.1) is 0 Å². The second-order valence-corrected chi connectivity index (χ2v) is 41.1. The topological polar surface area (TPSA) is 345 Å². The Morgan fingerprint density at radius 1 is 0.558 bits per heavy atom. The smallest absolute Gasteiger partial charge is 0.463 e. The van der Waals surface area contributed by atoms with Gasteiger partial charge in [0.05, 0.1) is 68.7 Å². The second kappa shape index (κ2) is 36.9. The fourth-order valence-corrected chi connectivity index (χ4v) is 22.1. The number of carbonyl (C=O) groups excluding carboxylic acids is 10. The standard InChI is InChI=1S/C18H30O2.C16H22O6.C16H26O3.C15H22O8S.C10H16O4.C10H18O3S/c1-5-17(3,4)16(19)20-18(6-2)14-8-12-7-13(10-14)11-15(18)9-12;1-4-16(2,3)15(19)20-7-11(17)21-12-8-5-9-10(6-8)14(18)22-13(9)12;1-4-14(2,3)13(17)19-16-8-11-5-12(9-16)7-15(18,6-11)10-16;1-3-8(2)14(16)20-4-5-21-15(17)22-12-9-6-10-11(7-9)24(18,19)23-13(10)12;1-4-10(2,3)9(12)14-7-5-6-13-8(7)11;1-4-10(2,3)9(11)13-8-7-14-6-5-12-8/h12-15H,5-11H2,1-4H3;8-10,12-13H,4-7H2,1-3H3;11-12,18H,4-10H2,1-3H3;8-13H,3-7H2,1-2H3;7H,4-6H2,1-3H3;8H,4-7H2,1-3H3. The fraction of sp³-hybridized carbons (Fsp3) is 0.882. The maximum Gasteiger partial charge on any atom is 0.508 e. The van der Waals surface area contributed by atoms with E-state index in [9.17, 15) is 61.5 Å². The molecule has 0 radical (unpaired) electrons. The summed E-state index contributed by atoms with van der Waals surface area (Å²) in [6.45, 7) is 35.1. The van der Waals surface area contributed by atoms with Crippen molar-refractivity contribution in [3.63, 3.8) is 0 Å². The van der Waals surface area contributed by atoms with E-state index >= 15 is 0 Å². The van der Waals surface area contributed by atoms with Crippen LogP contribution >= 0.6 is 11.8 Å². The van der Waals surface area contributed by atoms with Crippen LogP contribution in [0.3, 0.4) is 0 Å². The third-order valence-electron chi connectivity index (χ3n) is 28.2. The van der Waals surface area contributed by atoms with Gasteiger partial charge in [-0.2, -0.15) is 20.2 Å². The zero-order valence-electron chi connectivity index (χ0n) is 70.7. The lowest BCUT2D eigenvalue weighted by Crippen LogP contribution is -2.61. The molecule has 16 fully saturated rings. The predicted molar refractivity (Wildman–Crippen MR) is 414 cm³/mol. The van der Waals surface area contributed by atoms with Crippen molar-refractivity contribution in [1.29, 1.82) is 0 Å². The Morgan fingerprint density at radius 2 is 1.08 bits per heavy atom. The zero-order valence-corrected chi connectivity index (χ0v) is 72.3. The van der Waals surface area contributed by atoms with Gasteiger partial charge in [0.25, 0.3) is 10.1 Å². The molecule has 12 saturated carbocycles. The van der Waals surface area contributed by atoms with Crippen LogP contribution in [0.5, 0.6) is 0 Å². The van der Waals surface area contributed by atoms with Crippen LogP contribution in [-0.2, 0) is 114 Å². The Balaban J connectivity index is 0.000000157.